The van der Waals surface area contributed by atoms with Crippen LogP contribution in [0.1, 0.15) is 34.1 Å². The van der Waals surface area contributed by atoms with Gasteiger partial charge in [0.05, 0.1) is 17.2 Å². The molecule has 1 atom stereocenters. The Hall–Kier alpha value is -1.16. The van der Waals surface area contributed by atoms with E-state index >= 15 is 0 Å². The van der Waals surface area contributed by atoms with Crippen LogP contribution in [0.5, 0.6) is 0 Å². The van der Waals surface area contributed by atoms with Crippen LogP contribution in [-0.2, 0) is 4.74 Å². The lowest BCUT2D eigenvalue weighted by molar-refractivity contribution is -0.0663. The molecule has 16 heavy (non-hydrogen) atoms. The van der Waals surface area contributed by atoms with Gasteiger partial charge in [0.1, 0.15) is 0 Å². The molecule has 0 amide bonds. The fourth-order valence-electron chi connectivity index (χ4n) is 2.32. The lowest BCUT2D eigenvalue weighted by atomic mass is 9.95. The average molecular weight is 221 g/mol. The molecule has 2 rings (SSSR count). The Bertz CT molecular complexity index is 362. The van der Waals surface area contributed by atoms with E-state index in [0.717, 1.165) is 6.42 Å². The van der Waals surface area contributed by atoms with Crippen molar-refractivity contribution in [2.75, 3.05) is 5.32 Å². The van der Waals surface area contributed by atoms with Crippen LogP contribution in [0, 0.1) is 0 Å². The van der Waals surface area contributed by atoms with E-state index in [4.69, 9.17) is 4.74 Å². The number of aromatic nitrogens is 2. The highest BCUT2D eigenvalue weighted by Gasteiger charge is 2.46. The zero-order chi connectivity index (χ0) is 11.8. The number of ether oxygens (including phenoxy) is 1. The topological polar surface area (TPSA) is 47.0 Å². The van der Waals surface area contributed by atoms with Gasteiger partial charge in [-0.3, -0.25) is 0 Å². The number of nitrogens with one attached hydrogen (secondary N) is 1. The maximum atomic E-state index is 6.00. The maximum absolute atomic E-state index is 6.00. The fourth-order valence-corrected chi connectivity index (χ4v) is 2.32. The summed E-state index contributed by atoms with van der Waals surface area (Å²) in [5.74, 6) is 0.668. The summed E-state index contributed by atoms with van der Waals surface area (Å²) in [7, 11) is 0. The molecule has 1 unspecified atom stereocenters. The molecular weight excluding hydrogens is 202 g/mol. The Morgan fingerprint density at radius 3 is 2.38 bits per heavy atom. The third-order valence-corrected chi connectivity index (χ3v) is 2.94. The van der Waals surface area contributed by atoms with Crippen LogP contribution < -0.4 is 5.32 Å². The molecule has 0 aliphatic carbocycles. The van der Waals surface area contributed by atoms with Crippen molar-refractivity contribution in [1.82, 2.24) is 9.97 Å². The molecule has 1 aliphatic heterocycles. The Labute approximate surface area is 96.4 Å². The molecule has 1 fully saturated rings. The fraction of sp³-hybridized carbons (Fsp3) is 0.667. The Morgan fingerprint density at radius 2 is 1.88 bits per heavy atom. The normalized spacial score (nSPS) is 26.6. The van der Waals surface area contributed by atoms with Gasteiger partial charge < -0.3 is 10.1 Å². The van der Waals surface area contributed by atoms with Crippen LogP contribution in [0.25, 0.3) is 0 Å². The number of rotatable bonds is 2. The second-order valence-corrected chi connectivity index (χ2v) is 5.44. The van der Waals surface area contributed by atoms with Gasteiger partial charge in [-0.15, -0.1) is 0 Å². The first-order chi connectivity index (χ1) is 7.39. The van der Waals surface area contributed by atoms with Crippen molar-refractivity contribution < 1.29 is 4.74 Å². The molecule has 1 saturated heterocycles. The zero-order valence-corrected chi connectivity index (χ0v) is 10.3. The second-order valence-electron chi connectivity index (χ2n) is 5.44. The maximum Gasteiger partial charge on any atom is 0.222 e. The Balaban J connectivity index is 2.11. The van der Waals surface area contributed by atoms with E-state index in [2.05, 4.69) is 43.0 Å². The van der Waals surface area contributed by atoms with Gasteiger partial charge in [0, 0.05) is 12.4 Å². The first-order valence-electron chi connectivity index (χ1n) is 5.63. The molecule has 1 aromatic rings. The highest BCUT2D eigenvalue weighted by atomic mass is 16.5. The number of anilines is 1. The molecule has 0 saturated carbocycles. The first kappa shape index (κ1) is 11.3. The predicted octanol–water partition coefficient (Wildman–Crippen LogP) is 2.23. The highest BCUT2D eigenvalue weighted by molar-refractivity contribution is 5.27. The third-order valence-electron chi connectivity index (χ3n) is 2.94. The molecule has 0 radical (unpaired) electrons. The summed E-state index contributed by atoms with van der Waals surface area (Å²) >= 11 is 0. The SMILES string of the molecule is CC1(C)CC(Nc2ncccn2)C(C)(C)O1. The van der Waals surface area contributed by atoms with Crippen LogP contribution in [-0.4, -0.2) is 27.2 Å². The van der Waals surface area contributed by atoms with Gasteiger partial charge in [0.2, 0.25) is 5.95 Å². The van der Waals surface area contributed by atoms with Crippen molar-refractivity contribution in [3.8, 4) is 0 Å². The van der Waals surface area contributed by atoms with E-state index in [1.165, 1.54) is 0 Å². The first-order valence-corrected chi connectivity index (χ1v) is 5.63. The van der Waals surface area contributed by atoms with Crippen molar-refractivity contribution >= 4 is 5.95 Å². The molecule has 4 heteroatoms. The summed E-state index contributed by atoms with van der Waals surface area (Å²) in [6.45, 7) is 8.43. The van der Waals surface area contributed by atoms with Crippen molar-refractivity contribution in [2.24, 2.45) is 0 Å². The van der Waals surface area contributed by atoms with E-state index in [1.807, 2.05) is 6.07 Å². The number of nitrogens with zero attached hydrogens (tertiary/aromatic N) is 2. The molecule has 0 bridgehead atoms. The van der Waals surface area contributed by atoms with E-state index in [0.29, 0.717) is 5.95 Å². The van der Waals surface area contributed by atoms with Gasteiger partial charge in [-0.2, -0.15) is 0 Å². The standard InChI is InChI=1S/C12H19N3O/c1-11(2)8-9(12(3,4)16-11)15-10-13-6-5-7-14-10/h5-7,9H,8H2,1-4H3,(H,13,14,15). The minimum atomic E-state index is -0.192. The van der Waals surface area contributed by atoms with E-state index < -0.39 is 0 Å². The van der Waals surface area contributed by atoms with Gasteiger partial charge in [-0.1, -0.05) is 0 Å². The summed E-state index contributed by atoms with van der Waals surface area (Å²) < 4.78 is 6.00. The summed E-state index contributed by atoms with van der Waals surface area (Å²) in [5.41, 5.74) is -0.279. The summed E-state index contributed by atoms with van der Waals surface area (Å²) in [6, 6.07) is 2.05. The molecule has 0 spiro atoms. The van der Waals surface area contributed by atoms with Crippen LogP contribution >= 0.6 is 0 Å². The molecule has 4 nitrogen and oxygen atoms in total. The van der Waals surface area contributed by atoms with Gasteiger partial charge in [0.25, 0.3) is 0 Å². The summed E-state index contributed by atoms with van der Waals surface area (Å²) in [4.78, 5) is 8.36. The minimum absolute atomic E-state index is 0.0874. The average Bonchev–Trinajstić information content (AvgIpc) is 2.36. The lowest BCUT2D eigenvalue weighted by Gasteiger charge is -2.27. The van der Waals surface area contributed by atoms with Crippen molar-refractivity contribution in [3.63, 3.8) is 0 Å². The predicted molar refractivity (Wildman–Crippen MR) is 63.3 cm³/mol. The molecular formula is C12H19N3O. The lowest BCUT2D eigenvalue weighted by Crippen LogP contribution is -2.38. The number of hydrogen-bond donors (Lipinski definition) is 1. The molecule has 0 aromatic carbocycles. The largest absolute Gasteiger partial charge is 0.367 e. The van der Waals surface area contributed by atoms with E-state index in [-0.39, 0.29) is 17.2 Å². The highest BCUT2D eigenvalue weighted by Crippen LogP contribution is 2.38. The second kappa shape index (κ2) is 3.70. The smallest absolute Gasteiger partial charge is 0.222 e. The summed E-state index contributed by atoms with van der Waals surface area (Å²) in [6.07, 6.45) is 4.44. The van der Waals surface area contributed by atoms with Crippen LogP contribution in [0.3, 0.4) is 0 Å². The molecule has 1 N–H and O–H groups in total. The van der Waals surface area contributed by atoms with Crippen molar-refractivity contribution in [1.29, 1.82) is 0 Å². The van der Waals surface area contributed by atoms with Gasteiger partial charge in [0.15, 0.2) is 0 Å². The molecule has 1 aromatic heterocycles. The Morgan fingerprint density at radius 1 is 1.25 bits per heavy atom. The van der Waals surface area contributed by atoms with Crippen molar-refractivity contribution in [2.45, 2.75) is 51.4 Å². The van der Waals surface area contributed by atoms with E-state index in [1.54, 1.807) is 12.4 Å². The zero-order valence-electron chi connectivity index (χ0n) is 10.3. The van der Waals surface area contributed by atoms with Gasteiger partial charge in [-0.25, -0.2) is 9.97 Å². The Kier molecular flexibility index (Phi) is 2.62. The molecule has 1 aliphatic rings. The monoisotopic (exact) mass is 221 g/mol. The van der Waals surface area contributed by atoms with Gasteiger partial charge in [-0.05, 0) is 40.2 Å². The third kappa shape index (κ3) is 2.32. The summed E-state index contributed by atoms with van der Waals surface area (Å²) in [5, 5.41) is 3.34. The van der Waals surface area contributed by atoms with Gasteiger partial charge >= 0.3 is 0 Å². The molecule has 2 heterocycles. The van der Waals surface area contributed by atoms with E-state index in [9.17, 15) is 0 Å². The minimum Gasteiger partial charge on any atom is -0.367 e. The quantitative estimate of drug-likeness (QED) is 0.832. The molecule has 88 valence electrons. The van der Waals surface area contributed by atoms with Crippen LogP contribution in [0.4, 0.5) is 5.95 Å². The van der Waals surface area contributed by atoms with Crippen LogP contribution in [0.2, 0.25) is 0 Å². The number of hydrogen-bond acceptors (Lipinski definition) is 4. The van der Waals surface area contributed by atoms with Crippen LogP contribution in [0.15, 0.2) is 18.5 Å². The van der Waals surface area contributed by atoms with Crippen molar-refractivity contribution in [3.05, 3.63) is 18.5 Å².